The molecule has 0 spiro atoms. The molecule has 106 valence electrons. The van der Waals surface area contributed by atoms with Gasteiger partial charge in [-0.1, -0.05) is 0 Å². The Morgan fingerprint density at radius 2 is 2.47 bits per heavy atom. The zero-order valence-electron chi connectivity index (χ0n) is 10.7. The Morgan fingerprint density at radius 1 is 1.63 bits per heavy atom. The maximum atomic E-state index is 11.9. The lowest BCUT2D eigenvalue weighted by molar-refractivity contribution is 0.266. The molecule has 2 heterocycles. The van der Waals surface area contributed by atoms with Gasteiger partial charge >= 0.3 is 0 Å². The Bertz CT molecular complexity index is 471. The Balaban J connectivity index is 1.92. The summed E-state index contributed by atoms with van der Waals surface area (Å²) in [5, 5.41) is 19.5. The molecule has 1 atom stereocenters. The molecule has 1 aromatic rings. The monoisotopic (exact) mass is 330 g/mol. The third kappa shape index (κ3) is 3.77. The van der Waals surface area contributed by atoms with Gasteiger partial charge in [0, 0.05) is 12.6 Å². The van der Waals surface area contributed by atoms with Crippen molar-refractivity contribution in [2.24, 2.45) is 0 Å². The van der Waals surface area contributed by atoms with Crippen molar-refractivity contribution in [3.63, 3.8) is 0 Å². The van der Waals surface area contributed by atoms with Gasteiger partial charge in [0.2, 0.25) is 0 Å². The van der Waals surface area contributed by atoms with Crippen LogP contribution >= 0.6 is 15.9 Å². The van der Waals surface area contributed by atoms with E-state index in [-0.39, 0.29) is 18.7 Å². The van der Waals surface area contributed by atoms with E-state index in [4.69, 9.17) is 5.11 Å². The van der Waals surface area contributed by atoms with Crippen molar-refractivity contribution in [3.05, 3.63) is 21.0 Å². The van der Waals surface area contributed by atoms with Gasteiger partial charge in [0.25, 0.3) is 5.56 Å². The molecule has 1 saturated heterocycles. The van der Waals surface area contributed by atoms with E-state index >= 15 is 0 Å². The van der Waals surface area contributed by atoms with E-state index in [1.54, 1.807) is 6.20 Å². The van der Waals surface area contributed by atoms with Gasteiger partial charge in [-0.25, -0.2) is 4.68 Å². The first kappa shape index (κ1) is 14.5. The lowest BCUT2D eigenvalue weighted by Gasteiger charge is -2.13. The minimum atomic E-state index is -0.224. The molecule has 0 unspecified atom stereocenters. The fourth-order valence-corrected chi connectivity index (χ4v) is 2.67. The fraction of sp³-hybridized carbons (Fsp3) is 0.667. The van der Waals surface area contributed by atoms with E-state index in [1.807, 2.05) is 0 Å². The highest BCUT2D eigenvalue weighted by Crippen LogP contribution is 2.16. The molecule has 0 aliphatic carbocycles. The van der Waals surface area contributed by atoms with Gasteiger partial charge in [0.15, 0.2) is 0 Å². The summed E-state index contributed by atoms with van der Waals surface area (Å²) in [7, 11) is 0. The molecule has 0 saturated carbocycles. The predicted molar refractivity (Wildman–Crippen MR) is 77.4 cm³/mol. The zero-order chi connectivity index (χ0) is 13.7. The maximum absolute atomic E-state index is 11.9. The smallest absolute Gasteiger partial charge is 0.283 e. The van der Waals surface area contributed by atoms with Gasteiger partial charge in [-0.3, -0.25) is 4.79 Å². The van der Waals surface area contributed by atoms with Gasteiger partial charge in [0.05, 0.1) is 25.0 Å². The second kappa shape index (κ2) is 7.02. The SMILES string of the molecule is O=c1c(Br)c(NCC[C@@H]2CCCN2)cnn1CCO. The molecule has 0 bridgehead atoms. The summed E-state index contributed by atoms with van der Waals surface area (Å²) in [5.41, 5.74) is 0.482. The van der Waals surface area contributed by atoms with Crippen LogP contribution in [0.1, 0.15) is 19.3 Å². The van der Waals surface area contributed by atoms with Crippen molar-refractivity contribution in [2.75, 3.05) is 25.0 Å². The van der Waals surface area contributed by atoms with E-state index in [0.717, 1.165) is 19.5 Å². The van der Waals surface area contributed by atoms with Gasteiger partial charge in [-0.05, 0) is 41.7 Å². The summed E-state index contributed by atoms with van der Waals surface area (Å²) < 4.78 is 1.71. The number of aromatic nitrogens is 2. The molecule has 7 heteroatoms. The highest BCUT2D eigenvalue weighted by molar-refractivity contribution is 9.10. The number of aliphatic hydroxyl groups excluding tert-OH is 1. The molecule has 2 rings (SSSR count). The molecule has 3 N–H and O–H groups in total. The van der Waals surface area contributed by atoms with Crippen molar-refractivity contribution in [3.8, 4) is 0 Å². The Morgan fingerprint density at radius 3 is 3.16 bits per heavy atom. The van der Waals surface area contributed by atoms with Gasteiger partial charge in [-0.2, -0.15) is 5.10 Å². The van der Waals surface area contributed by atoms with E-state index in [1.165, 1.54) is 17.5 Å². The summed E-state index contributed by atoms with van der Waals surface area (Å²) in [5.74, 6) is 0. The number of hydrogen-bond acceptors (Lipinski definition) is 5. The Labute approximate surface area is 120 Å². The second-order valence-corrected chi connectivity index (χ2v) is 5.43. The minimum absolute atomic E-state index is 0.0977. The molecular formula is C12H19BrN4O2. The average Bonchev–Trinajstić information content (AvgIpc) is 2.91. The lowest BCUT2D eigenvalue weighted by Crippen LogP contribution is -2.27. The zero-order valence-corrected chi connectivity index (χ0v) is 12.3. The van der Waals surface area contributed by atoms with Crippen molar-refractivity contribution in [2.45, 2.75) is 31.8 Å². The molecule has 0 radical (unpaired) electrons. The predicted octanol–water partition coefficient (Wildman–Crippen LogP) is 0.552. The van der Waals surface area contributed by atoms with Crippen molar-refractivity contribution >= 4 is 21.6 Å². The first-order chi connectivity index (χ1) is 9.22. The van der Waals surface area contributed by atoms with Gasteiger partial charge < -0.3 is 15.7 Å². The highest BCUT2D eigenvalue weighted by Gasteiger charge is 2.14. The van der Waals surface area contributed by atoms with Crippen LogP contribution in [-0.4, -0.2) is 40.6 Å². The topological polar surface area (TPSA) is 79.2 Å². The number of rotatable bonds is 6. The lowest BCUT2D eigenvalue weighted by atomic mass is 10.1. The summed E-state index contributed by atoms with van der Waals surface area (Å²) in [6.07, 6.45) is 5.11. The molecular weight excluding hydrogens is 312 g/mol. The van der Waals surface area contributed by atoms with Crippen LogP contribution in [-0.2, 0) is 6.54 Å². The van der Waals surface area contributed by atoms with Crippen LogP contribution in [0.2, 0.25) is 0 Å². The number of halogens is 1. The fourth-order valence-electron chi connectivity index (χ4n) is 2.23. The number of nitrogens with zero attached hydrogens (tertiary/aromatic N) is 2. The van der Waals surface area contributed by atoms with Crippen LogP contribution in [0.3, 0.4) is 0 Å². The minimum Gasteiger partial charge on any atom is -0.394 e. The highest BCUT2D eigenvalue weighted by atomic mass is 79.9. The van der Waals surface area contributed by atoms with Crippen molar-refractivity contribution in [1.82, 2.24) is 15.1 Å². The van der Waals surface area contributed by atoms with Crippen LogP contribution in [0.5, 0.6) is 0 Å². The van der Waals surface area contributed by atoms with Crippen LogP contribution in [0, 0.1) is 0 Å². The summed E-state index contributed by atoms with van der Waals surface area (Å²) in [6, 6.07) is 0.578. The molecule has 19 heavy (non-hydrogen) atoms. The third-order valence-corrected chi connectivity index (χ3v) is 4.03. The van der Waals surface area contributed by atoms with E-state index in [2.05, 4.69) is 31.7 Å². The van der Waals surface area contributed by atoms with E-state index < -0.39 is 0 Å². The molecule has 6 nitrogen and oxygen atoms in total. The molecule has 1 aliphatic rings. The standard InChI is InChI=1S/C12H19BrN4O2/c13-11-10(8-16-17(6-7-18)12(11)19)15-5-3-9-2-1-4-14-9/h8-9,14-15,18H,1-7H2/t9-/m0/s1. The van der Waals surface area contributed by atoms with Crippen LogP contribution < -0.4 is 16.2 Å². The average molecular weight is 331 g/mol. The molecule has 1 fully saturated rings. The summed E-state index contributed by atoms with van der Waals surface area (Å²) in [4.78, 5) is 11.9. The molecule has 1 aromatic heterocycles. The van der Waals surface area contributed by atoms with Crippen LogP contribution in [0.15, 0.2) is 15.5 Å². The first-order valence-electron chi connectivity index (χ1n) is 6.56. The molecule has 0 aromatic carbocycles. The number of hydrogen-bond donors (Lipinski definition) is 3. The number of nitrogens with one attached hydrogen (secondary N) is 2. The largest absolute Gasteiger partial charge is 0.394 e. The third-order valence-electron chi connectivity index (χ3n) is 3.27. The van der Waals surface area contributed by atoms with Gasteiger partial charge in [0.1, 0.15) is 4.47 Å². The number of aliphatic hydroxyl groups is 1. The van der Waals surface area contributed by atoms with Crippen molar-refractivity contribution < 1.29 is 5.11 Å². The molecule has 1 aliphatic heterocycles. The van der Waals surface area contributed by atoms with Gasteiger partial charge in [-0.15, -0.1) is 0 Å². The normalized spacial score (nSPS) is 18.7. The van der Waals surface area contributed by atoms with Crippen molar-refractivity contribution in [1.29, 1.82) is 0 Å². The van der Waals surface area contributed by atoms with E-state index in [9.17, 15) is 4.79 Å². The maximum Gasteiger partial charge on any atom is 0.283 e. The molecule has 0 amide bonds. The van der Waals surface area contributed by atoms with Crippen LogP contribution in [0.4, 0.5) is 5.69 Å². The van der Waals surface area contributed by atoms with Crippen LogP contribution in [0.25, 0.3) is 0 Å². The Hall–Kier alpha value is -0.920. The Kier molecular flexibility index (Phi) is 5.35. The summed E-state index contributed by atoms with van der Waals surface area (Å²) in [6.45, 7) is 2.03. The quantitative estimate of drug-likeness (QED) is 0.710. The first-order valence-corrected chi connectivity index (χ1v) is 7.35. The van der Waals surface area contributed by atoms with E-state index in [0.29, 0.717) is 16.2 Å². The summed E-state index contributed by atoms with van der Waals surface area (Å²) >= 11 is 3.28. The number of anilines is 1. The second-order valence-electron chi connectivity index (χ2n) is 4.63.